The van der Waals surface area contributed by atoms with Crippen molar-refractivity contribution in [3.63, 3.8) is 0 Å². The highest BCUT2D eigenvalue weighted by Gasteiger charge is 2.30. The van der Waals surface area contributed by atoms with Gasteiger partial charge in [0.25, 0.3) is 0 Å². The second kappa shape index (κ2) is 6.94. The molecule has 1 heterocycles. The molecule has 0 fully saturated rings. The highest BCUT2D eigenvalue weighted by molar-refractivity contribution is 5.78. The SMILES string of the molecule is CNC(C)(CCCN1CCCCc2ccccc21)C(=O)O. The minimum absolute atomic E-state index is 0.636. The lowest BCUT2D eigenvalue weighted by Crippen LogP contribution is -2.47. The second-order valence-corrected chi connectivity index (χ2v) is 6.06. The Balaban J connectivity index is 1.99. The molecule has 2 rings (SSSR count). The molecule has 0 bridgehead atoms. The van der Waals surface area contributed by atoms with Crippen molar-refractivity contribution in [3.8, 4) is 0 Å². The maximum atomic E-state index is 11.3. The summed E-state index contributed by atoms with van der Waals surface area (Å²) in [6, 6.07) is 8.59. The molecule has 1 aromatic rings. The van der Waals surface area contributed by atoms with Gasteiger partial charge in [-0.25, -0.2) is 0 Å². The normalized spacial score (nSPS) is 17.7. The molecular weight excluding hydrogens is 264 g/mol. The summed E-state index contributed by atoms with van der Waals surface area (Å²) in [6.45, 7) is 3.74. The van der Waals surface area contributed by atoms with Gasteiger partial charge in [0.05, 0.1) is 0 Å². The number of likely N-dealkylation sites (N-methyl/N-ethyl adjacent to an activating group) is 1. The van der Waals surface area contributed by atoms with Crippen molar-refractivity contribution >= 4 is 11.7 Å². The van der Waals surface area contributed by atoms with Crippen LogP contribution in [0.3, 0.4) is 0 Å². The van der Waals surface area contributed by atoms with Gasteiger partial charge in [-0.15, -0.1) is 0 Å². The summed E-state index contributed by atoms with van der Waals surface area (Å²) in [6.07, 6.45) is 5.10. The lowest BCUT2D eigenvalue weighted by Gasteiger charge is -2.28. The summed E-state index contributed by atoms with van der Waals surface area (Å²) >= 11 is 0. The molecule has 4 nitrogen and oxygen atoms in total. The largest absolute Gasteiger partial charge is 0.480 e. The maximum Gasteiger partial charge on any atom is 0.323 e. The van der Waals surface area contributed by atoms with E-state index in [4.69, 9.17) is 0 Å². The summed E-state index contributed by atoms with van der Waals surface area (Å²) in [4.78, 5) is 13.7. The predicted octanol–water partition coefficient (Wildman–Crippen LogP) is 2.67. The molecule has 0 aromatic heterocycles. The van der Waals surface area contributed by atoms with E-state index in [1.807, 2.05) is 0 Å². The van der Waals surface area contributed by atoms with Gasteiger partial charge >= 0.3 is 5.97 Å². The van der Waals surface area contributed by atoms with Crippen LogP contribution in [0, 0.1) is 0 Å². The Hall–Kier alpha value is -1.55. The van der Waals surface area contributed by atoms with E-state index in [0.717, 1.165) is 25.9 Å². The molecule has 0 aliphatic carbocycles. The van der Waals surface area contributed by atoms with Gasteiger partial charge in [0.2, 0.25) is 0 Å². The molecular formula is C17H26N2O2. The van der Waals surface area contributed by atoms with Crippen molar-refractivity contribution in [1.29, 1.82) is 0 Å². The highest BCUT2D eigenvalue weighted by Crippen LogP contribution is 2.26. The number of aryl methyl sites for hydroxylation is 1. The molecule has 1 unspecified atom stereocenters. The van der Waals surface area contributed by atoms with Crippen LogP contribution >= 0.6 is 0 Å². The minimum Gasteiger partial charge on any atom is -0.480 e. The number of benzene rings is 1. The van der Waals surface area contributed by atoms with Crippen molar-refractivity contribution in [2.75, 3.05) is 25.0 Å². The van der Waals surface area contributed by atoms with Gasteiger partial charge in [-0.2, -0.15) is 0 Å². The van der Waals surface area contributed by atoms with Gasteiger partial charge in [-0.05, 0) is 57.7 Å². The number of carbonyl (C=O) groups is 1. The van der Waals surface area contributed by atoms with E-state index in [1.165, 1.54) is 24.1 Å². The first-order chi connectivity index (χ1) is 10.1. The fraction of sp³-hybridized carbons (Fsp3) is 0.588. The number of anilines is 1. The van der Waals surface area contributed by atoms with Crippen molar-refractivity contribution in [3.05, 3.63) is 29.8 Å². The Morgan fingerprint density at radius 3 is 2.86 bits per heavy atom. The third kappa shape index (κ3) is 3.76. The Labute approximate surface area is 127 Å². The van der Waals surface area contributed by atoms with Crippen molar-refractivity contribution < 1.29 is 9.90 Å². The van der Waals surface area contributed by atoms with Crippen LogP contribution in [0.5, 0.6) is 0 Å². The molecule has 0 radical (unpaired) electrons. The van der Waals surface area contributed by atoms with Crippen LogP contribution in [-0.2, 0) is 11.2 Å². The van der Waals surface area contributed by atoms with Crippen LogP contribution in [0.15, 0.2) is 24.3 Å². The highest BCUT2D eigenvalue weighted by atomic mass is 16.4. The van der Waals surface area contributed by atoms with E-state index in [0.29, 0.717) is 6.42 Å². The van der Waals surface area contributed by atoms with Crippen molar-refractivity contribution in [2.24, 2.45) is 0 Å². The smallest absolute Gasteiger partial charge is 0.323 e. The average Bonchev–Trinajstić information content (AvgIpc) is 2.69. The van der Waals surface area contributed by atoms with Crippen molar-refractivity contribution in [2.45, 2.75) is 44.6 Å². The Bertz CT molecular complexity index is 489. The first-order valence-corrected chi connectivity index (χ1v) is 7.82. The van der Waals surface area contributed by atoms with Crippen LogP contribution in [0.25, 0.3) is 0 Å². The third-order valence-corrected chi connectivity index (χ3v) is 4.59. The van der Waals surface area contributed by atoms with Crippen LogP contribution in [-0.4, -0.2) is 36.8 Å². The molecule has 21 heavy (non-hydrogen) atoms. The zero-order valence-corrected chi connectivity index (χ0v) is 13.1. The standard InChI is InChI=1S/C17H26N2O2/c1-17(18-2,16(20)21)11-7-13-19-12-6-5-9-14-8-3-4-10-15(14)19/h3-4,8,10,18H,5-7,9,11-13H2,1-2H3,(H,20,21). The molecule has 1 aromatic carbocycles. The number of rotatable bonds is 6. The third-order valence-electron chi connectivity index (χ3n) is 4.59. The summed E-state index contributed by atoms with van der Waals surface area (Å²) in [5, 5.41) is 12.2. The number of carboxylic acids is 1. The molecule has 0 amide bonds. The van der Waals surface area contributed by atoms with E-state index in [-0.39, 0.29) is 0 Å². The van der Waals surface area contributed by atoms with Gasteiger partial charge in [0.15, 0.2) is 0 Å². The molecule has 2 N–H and O–H groups in total. The van der Waals surface area contributed by atoms with E-state index >= 15 is 0 Å². The first kappa shape index (κ1) is 15.8. The van der Waals surface area contributed by atoms with Crippen LogP contribution in [0.1, 0.15) is 38.2 Å². The molecule has 1 atom stereocenters. The number of nitrogens with one attached hydrogen (secondary N) is 1. The molecule has 116 valence electrons. The zero-order valence-electron chi connectivity index (χ0n) is 13.1. The predicted molar refractivity (Wildman–Crippen MR) is 85.9 cm³/mol. The van der Waals surface area contributed by atoms with Crippen LogP contribution in [0.2, 0.25) is 0 Å². The number of nitrogens with zero attached hydrogens (tertiary/aromatic N) is 1. The van der Waals surface area contributed by atoms with Gasteiger partial charge in [0, 0.05) is 18.8 Å². The quantitative estimate of drug-likeness (QED) is 0.846. The molecule has 0 saturated carbocycles. The molecule has 0 saturated heterocycles. The monoisotopic (exact) mass is 290 g/mol. The Morgan fingerprint density at radius 2 is 2.14 bits per heavy atom. The number of fused-ring (bicyclic) bond motifs is 1. The molecule has 1 aliphatic heterocycles. The van der Waals surface area contributed by atoms with E-state index in [9.17, 15) is 9.90 Å². The fourth-order valence-corrected chi connectivity index (χ4v) is 2.96. The number of carboxylic acid groups (broad SMARTS) is 1. The summed E-state index contributed by atoms with van der Waals surface area (Å²) in [7, 11) is 1.72. The minimum atomic E-state index is -0.828. The first-order valence-electron chi connectivity index (χ1n) is 7.82. The van der Waals surface area contributed by atoms with Crippen molar-refractivity contribution in [1.82, 2.24) is 5.32 Å². The zero-order chi connectivity index (χ0) is 15.3. The lowest BCUT2D eigenvalue weighted by atomic mass is 9.96. The molecule has 0 spiro atoms. The number of aliphatic carboxylic acids is 1. The van der Waals surface area contributed by atoms with E-state index in [1.54, 1.807) is 14.0 Å². The number of hydrogen-bond acceptors (Lipinski definition) is 3. The van der Waals surface area contributed by atoms with Gasteiger partial charge in [-0.1, -0.05) is 18.2 Å². The van der Waals surface area contributed by atoms with Gasteiger partial charge in [0.1, 0.15) is 5.54 Å². The summed E-state index contributed by atoms with van der Waals surface area (Å²) < 4.78 is 0. The summed E-state index contributed by atoms with van der Waals surface area (Å²) in [5.41, 5.74) is 1.92. The Kier molecular flexibility index (Phi) is 5.23. The van der Waals surface area contributed by atoms with E-state index in [2.05, 4.69) is 34.5 Å². The molecule has 1 aliphatic rings. The second-order valence-electron chi connectivity index (χ2n) is 6.06. The van der Waals surface area contributed by atoms with Crippen LogP contribution in [0.4, 0.5) is 5.69 Å². The topological polar surface area (TPSA) is 52.6 Å². The van der Waals surface area contributed by atoms with Gasteiger partial charge < -0.3 is 15.3 Å². The van der Waals surface area contributed by atoms with Gasteiger partial charge in [-0.3, -0.25) is 4.79 Å². The number of para-hydroxylation sites is 1. The van der Waals surface area contributed by atoms with E-state index < -0.39 is 11.5 Å². The summed E-state index contributed by atoms with van der Waals surface area (Å²) in [5.74, 6) is -0.777. The Morgan fingerprint density at radius 1 is 1.38 bits per heavy atom. The average molecular weight is 290 g/mol. The fourth-order valence-electron chi connectivity index (χ4n) is 2.96. The lowest BCUT2D eigenvalue weighted by molar-refractivity contribution is -0.144. The molecule has 4 heteroatoms. The van der Waals surface area contributed by atoms with Crippen LogP contribution < -0.4 is 10.2 Å². The maximum absolute atomic E-state index is 11.3. The number of hydrogen-bond donors (Lipinski definition) is 2.